The minimum atomic E-state index is -4.30. The number of nitro benzene ring substituents is 1. The van der Waals surface area contributed by atoms with E-state index in [1.165, 1.54) is 13.2 Å². The fourth-order valence-electron chi connectivity index (χ4n) is 1.97. The Balaban J connectivity index is 2.51. The van der Waals surface area contributed by atoms with Crippen LogP contribution in [0.15, 0.2) is 41.3 Å². The predicted molar refractivity (Wildman–Crippen MR) is 88.9 cm³/mol. The van der Waals surface area contributed by atoms with Crippen LogP contribution in [0.3, 0.4) is 0 Å². The second-order valence-electron chi connectivity index (χ2n) is 4.69. The van der Waals surface area contributed by atoms with Gasteiger partial charge in [-0.25, -0.2) is 13.2 Å². The second kappa shape index (κ2) is 6.95. The molecule has 2 aromatic rings. The number of hydrogen-bond acceptors (Lipinski definition) is 6. The van der Waals surface area contributed by atoms with Crippen LogP contribution in [-0.4, -0.2) is 31.5 Å². The molecular weight excluding hydrogens is 376 g/mol. The molecule has 0 aliphatic carbocycles. The summed E-state index contributed by atoms with van der Waals surface area (Å²) < 4.78 is 31.8. The first-order valence-electron chi connectivity index (χ1n) is 6.54. The van der Waals surface area contributed by atoms with Gasteiger partial charge in [-0.3, -0.25) is 14.8 Å². The largest absolute Gasteiger partial charge is 0.490 e. The van der Waals surface area contributed by atoms with E-state index in [9.17, 15) is 23.3 Å². The van der Waals surface area contributed by atoms with E-state index in [0.29, 0.717) is 0 Å². The van der Waals surface area contributed by atoms with Gasteiger partial charge in [0.05, 0.1) is 28.2 Å². The molecule has 0 spiro atoms. The van der Waals surface area contributed by atoms with Gasteiger partial charge in [-0.15, -0.1) is 0 Å². The number of benzene rings is 2. The normalized spacial score (nSPS) is 11.0. The number of ether oxygens (including phenoxy) is 1. The topological polar surface area (TPSA) is 136 Å². The fraction of sp³-hybridized carbons (Fsp3) is 0.0714. The molecule has 0 saturated carbocycles. The molecule has 2 rings (SSSR count). The molecule has 0 radical (unpaired) electrons. The predicted octanol–water partition coefficient (Wildman–Crippen LogP) is 2.76. The maximum Gasteiger partial charge on any atom is 0.337 e. The van der Waals surface area contributed by atoms with Crippen molar-refractivity contribution < 1.29 is 28.0 Å². The maximum absolute atomic E-state index is 12.5. The van der Waals surface area contributed by atoms with Gasteiger partial charge in [0.1, 0.15) is 0 Å². The summed E-state index contributed by atoms with van der Waals surface area (Å²) in [6.45, 7) is 0. The van der Waals surface area contributed by atoms with E-state index in [-0.39, 0.29) is 22.0 Å². The number of hydrogen-bond donors (Lipinski definition) is 2. The Morgan fingerprint density at radius 2 is 1.96 bits per heavy atom. The fourth-order valence-corrected chi connectivity index (χ4v) is 3.23. The van der Waals surface area contributed by atoms with E-state index >= 15 is 0 Å². The second-order valence-corrected chi connectivity index (χ2v) is 6.81. The molecule has 0 aliphatic heterocycles. The van der Waals surface area contributed by atoms with Crippen molar-refractivity contribution >= 4 is 39.0 Å². The number of nitro groups is 1. The van der Waals surface area contributed by atoms with Crippen LogP contribution in [0.1, 0.15) is 10.4 Å². The minimum Gasteiger partial charge on any atom is -0.490 e. The van der Waals surface area contributed by atoms with Crippen molar-refractivity contribution in [3.8, 4) is 5.75 Å². The quantitative estimate of drug-likeness (QED) is 0.575. The zero-order chi connectivity index (χ0) is 18.8. The highest BCUT2D eigenvalue weighted by Gasteiger charge is 2.23. The van der Waals surface area contributed by atoms with Gasteiger partial charge in [-0.05, 0) is 30.3 Å². The zero-order valence-electron chi connectivity index (χ0n) is 12.6. The molecule has 0 aromatic heterocycles. The van der Waals surface area contributed by atoms with Crippen molar-refractivity contribution in [3.05, 3.63) is 57.1 Å². The number of methoxy groups -OCH3 is 1. The van der Waals surface area contributed by atoms with Crippen LogP contribution in [0, 0.1) is 10.1 Å². The average Bonchev–Trinajstić information content (AvgIpc) is 2.53. The van der Waals surface area contributed by atoms with Gasteiger partial charge in [-0.2, -0.15) is 0 Å². The van der Waals surface area contributed by atoms with E-state index in [1.54, 1.807) is 0 Å². The van der Waals surface area contributed by atoms with Crippen LogP contribution < -0.4 is 9.46 Å². The van der Waals surface area contributed by atoms with Gasteiger partial charge >= 0.3 is 11.7 Å². The molecule has 2 aromatic carbocycles. The third-order valence-electron chi connectivity index (χ3n) is 3.11. The summed E-state index contributed by atoms with van der Waals surface area (Å²) in [5, 5.41) is 20.3. The number of rotatable bonds is 6. The molecule has 0 aliphatic rings. The highest BCUT2D eigenvalue weighted by molar-refractivity contribution is 7.92. The van der Waals surface area contributed by atoms with Crippen LogP contribution in [0.2, 0.25) is 5.02 Å². The Morgan fingerprint density at radius 3 is 2.52 bits per heavy atom. The molecule has 0 bridgehead atoms. The number of halogens is 1. The molecule has 9 nitrogen and oxygen atoms in total. The minimum absolute atomic E-state index is 0.113. The number of nitrogens with zero attached hydrogens (tertiary/aromatic N) is 1. The number of nitrogens with one attached hydrogen (secondary N) is 1. The third-order valence-corrected chi connectivity index (χ3v) is 4.71. The number of sulfonamides is 1. The van der Waals surface area contributed by atoms with E-state index in [2.05, 4.69) is 4.72 Å². The Bertz CT molecular complexity index is 960. The summed E-state index contributed by atoms with van der Waals surface area (Å²) in [4.78, 5) is 21.0. The first-order valence-corrected chi connectivity index (χ1v) is 8.40. The average molecular weight is 387 g/mol. The summed E-state index contributed by atoms with van der Waals surface area (Å²) in [5.41, 5.74) is -1.13. The molecule has 0 saturated heterocycles. The van der Waals surface area contributed by atoms with Crippen LogP contribution in [0.5, 0.6) is 5.75 Å². The number of aromatic carboxylic acids is 1. The summed E-state index contributed by atoms with van der Waals surface area (Å²) in [6, 6.07) is 6.59. The smallest absolute Gasteiger partial charge is 0.337 e. The van der Waals surface area contributed by atoms with Crippen molar-refractivity contribution in [1.29, 1.82) is 0 Å². The number of carboxylic acid groups (broad SMARTS) is 1. The first kappa shape index (κ1) is 18.5. The molecule has 0 amide bonds. The molecule has 0 fully saturated rings. The molecule has 0 unspecified atom stereocenters. The van der Waals surface area contributed by atoms with Crippen molar-refractivity contribution in [2.45, 2.75) is 4.90 Å². The molecule has 11 heteroatoms. The number of carbonyl (C=O) groups is 1. The lowest BCUT2D eigenvalue weighted by atomic mass is 10.2. The summed E-state index contributed by atoms with van der Waals surface area (Å²) in [7, 11) is -3.09. The molecule has 132 valence electrons. The van der Waals surface area contributed by atoms with Gasteiger partial charge < -0.3 is 9.84 Å². The monoisotopic (exact) mass is 386 g/mol. The van der Waals surface area contributed by atoms with Gasteiger partial charge in [-0.1, -0.05) is 11.6 Å². The molecule has 25 heavy (non-hydrogen) atoms. The number of carboxylic acids is 1. The summed E-state index contributed by atoms with van der Waals surface area (Å²) in [6.07, 6.45) is 0. The summed E-state index contributed by atoms with van der Waals surface area (Å²) >= 11 is 5.77. The first-order chi connectivity index (χ1) is 11.7. The highest BCUT2D eigenvalue weighted by atomic mass is 35.5. The molecule has 0 atom stereocenters. The van der Waals surface area contributed by atoms with Gasteiger partial charge in [0.25, 0.3) is 10.0 Å². The molecule has 2 N–H and O–H groups in total. The van der Waals surface area contributed by atoms with Gasteiger partial charge in [0.15, 0.2) is 5.75 Å². The van der Waals surface area contributed by atoms with Crippen LogP contribution in [-0.2, 0) is 10.0 Å². The van der Waals surface area contributed by atoms with E-state index in [0.717, 1.165) is 30.3 Å². The Kier molecular flexibility index (Phi) is 5.14. The van der Waals surface area contributed by atoms with Crippen LogP contribution in [0.25, 0.3) is 0 Å². The van der Waals surface area contributed by atoms with Crippen molar-refractivity contribution in [1.82, 2.24) is 0 Å². The summed E-state index contributed by atoms with van der Waals surface area (Å²) in [5.74, 6) is -1.48. The van der Waals surface area contributed by atoms with Crippen LogP contribution in [0.4, 0.5) is 11.4 Å². The molecule has 0 heterocycles. The lowest BCUT2D eigenvalue weighted by molar-refractivity contribution is -0.386. The van der Waals surface area contributed by atoms with E-state index in [1.807, 2.05) is 0 Å². The highest BCUT2D eigenvalue weighted by Crippen LogP contribution is 2.31. The number of anilines is 1. The van der Waals surface area contributed by atoms with Crippen LogP contribution >= 0.6 is 11.6 Å². The third kappa shape index (κ3) is 3.98. The lowest BCUT2D eigenvalue weighted by Gasteiger charge is -2.11. The zero-order valence-corrected chi connectivity index (χ0v) is 14.2. The Morgan fingerprint density at radius 1 is 1.28 bits per heavy atom. The van der Waals surface area contributed by atoms with Gasteiger partial charge in [0.2, 0.25) is 0 Å². The van der Waals surface area contributed by atoms with Gasteiger partial charge in [0, 0.05) is 11.1 Å². The van der Waals surface area contributed by atoms with E-state index < -0.39 is 31.5 Å². The van der Waals surface area contributed by atoms with Crippen molar-refractivity contribution in [2.75, 3.05) is 11.8 Å². The molecular formula is C14H11ClN2O7S. The van der Waals surface area contributed by atoms with Crippen molar-refractivity contribution in [2.24, 2.45) is 0 Å². The van der Waals surface area contributed by atoms with E-state index in [4.69, 9.17) is 21.4 Å². The lowest BCUT2D eigenvalue weighted by Crippen LogP contribution is -2.16. The SMILES string of the molecule is COc1ccc(S(=O)(=O)Nc2cc(Cl)ccc2C(=O)O)cc1[N+](=O)[O-]. The standard InChI is InChI=1S/C14H11ClN2O7S/c1-24-13-5-3-9(7-12(13)17(20)21)25(22,23)16-11-6-8(15)2-4-10(11)14(18)19/h2-7,16H,1H3,(H,18,19). The Hall–Kier alpha value is -2.85. The maximum atomic E-state index is 12.5. The Labute approximate surface area is 147 Å². The van der Waals surface area contributed by atoms with Crippen molar-refractivity contribution in [3.63, 3.8) is 0 Å².